The largest absolute Gasteiger partial charge is 0.310 e. The van der Waals surface area contributed by atoms with Crippen molar-refractivity contribution in [1.82, 2.24) is 29.9 Å². The van der Waals surface area contributed by atoms with Crippen molar-refractivity contribution in [2.45, 2.75) is 32.9 Å². The van der Waals surface area contributed by atoms with Crippen LogP contribution >= 0.6 is 0 Å². The Bertz CT molecular complexity index is 472. The second kappa shape index (κ2) is 6.30. The van der Waals surface area contributed by atoms with Crippen LogP contribution in [0, 0.1) is 0 Å². The van der Waals surface area contributed by atoms with Crippen LogP contribution in [0.3, 0.4) is 0 Å². The SMILES string of the molecule is CCCNCc1ncn(CCc2cnn(C)c2)n1. The second-order valence-electron chi connectivity index (χ2n) is 4.37. The number of aryl methyl sites for hydroxylation is 3. The van der Waals surface area contributed by atoms with Crippen molar-refractivity contribution in [1.29, 1.82) is 0 Å². The lowest BCUT2D eigenvalue weighted by atomic mass is 10.2. The Morgan fingerprint density at radius 1 is 1.39 bits per heavy atom. The quantitative estimate of drug-likeness (QED) is 0.735. The second-order valence-corrected chi connectivity index (χ2v) is 4.37. The first-order valence-electron chi connectivity index (χ1n) is 6.34. The molecular formula is C12H20N6. The molecule has 0 atom stereocenters. The van der Waals surface area contributed by atoms with Crippen molar-refractivity contribution in [2.75, 3.05) is 6.54 Å². The predicted octanol–water partition coefficient (Wildman–Crippen LogP) is 0.754. The molecule has 6 nitrogen and oxygen atoms in total. The van der Waals surface area contributed by atoms with Crippen LogP contribution in [0.15, 0.2) is 18.7 Å². The number of hydrogen-bond acceptors (Lipinski definition) is 4. The van der Waals surface area contributed by atoms with E-state index in [1.165, 1.54) is 5.56 Å². The fourth-order valence-electron chi connectivity index (χ4n) is 1.74. The summed E-state index contributed by atoms with van der Waals surface area (Å²) in [6, 6.07) is 0. The molecule has 2 aromatic rings. The molecule has 0 aromatic carbocycles. The topological polar surface area (TPSA) is 60.6 Å². The third-order valence-corrected chi connectivity index (χ3v) is 2.68. The molecule has 0 fully saturated rings. The van der Waals surface area contributed by atoms with Crippen molar-refractivity contribution in [3.63, 3.8) is 0 Å². The number of hydrogen-bond donors (Lipinski definition) is 1. The Morgan fingerprint density at radius 3 is 3.00 bits per heavy atom. The molecule has 18 heavy (non-hydrogen) atoms. The first-order valence-corrected chi connectivity index (χ1v) is 6.34. The Labute approximate surface area is 107 Å². The van der Waals surface area contributed by atoms with Crippen molar-refractivity contribution in [3.05, 3.63) is 30.1 Å². The maximum Gasteiger partial charge on any atom is 0.164 e. The zero-order valence-corrected chi connectivity index (χ0v) is 11.0. The third-order valence-electron chi connectivity index (χ3n) is 2.68. The van der Waals surface area contributed by atoms with Gasteiger partial charge in [0.2, 0.25) is 0 Å². The minimum absolute atomic E-state index is 0.744. The first-order chi connectivity index (χ1) is 8.78. The van der Waals surface area contributed by atoms with Crippen LogP contribution in [0.25, 0.3) is 0 Å². The highest BCUT2D eigenvalue weighted by Gasteiger charge is 2.01. The van der Waals surface area contributed by atoms with Gasteiger partial charge in [-0.25, -0.2) is 4.98 Å². The van der Waals surface area contributed by atoms with E-state index in [1.54, 1.807) is 6.33 Å². The molecule has 2 heterocycles. The van der Waals surface area contributed by atoms with Gasteiger partial charge >= 0.3 is 0 Å². The molecule has 0 radical (unpaired) electrons. The number of nitrogens with one attached hydrogen (secondary N) is 1. The van der Waals surface area contributed by atoms with E-state index in [9.17, 15) is 0 Å². The van der Waals surface area contributed by atoms with Crippen molar-refractivity contribution in [3.8, 4) is 0 Å². The van der Waals surface area contributed by atoms with E-state index in [4.69, 9.17) is 0 Å². The predicted molar refractivity (Wildman–Crippen MR) is 68.9 cm³/mol. The molecule has 0 amide bonds. The van der Waals surface area contributed by atoms with Gasteiger partial charge in [-0.3, -0.25) is 9.36 Å². The van der Waals surface area contributed by atoms with Crippen LogP contribution in [0.2, 0.25) is 0 Å². The Hall–Kier alpha value is -1.69. The normalized spacial score (nSPS) is 11.0. The summed E-state index contributed by atoms with van der Waals surface area (Å²) in [5, 5.41) is 11.9. The zero-order valence-electron chi connectivity index (χ0n) is 11.0. The smallest absolute Gasteiger partial charge is 0.164 e. The van der Waals surface area contributed by atoms with E-state index < -0.39 is 0 Å². The zero-order chi connectivity index (χ0) is 12.8. The fraction of sp³-hybridized carbons (Fsp3) is 0.583. The minimum atomic E-state index is 0.744. The molecular weight excluding hydrogens is 228 g/mol. The number of nitrogens with zero attached hydrogens (tertiary/aromatic N) is 5. The van der Waals surface area contributed by atoms with E-state index in [0.29, 0.717) is 0 Å². The van der Waals surface area contributed by atoms with Gasteiger partial charge in [-0.05, 0) is 24.9 Å². The lowest BCUT2D eigenvalue weighted by Gasteiger charge is -1.99. The van der Waals surface area contributed by atoms with E-state index >= 15 is 0 Å². The molecule has 0 spiro atoms. The Kier molecular flexibility index (Phi) is 4.46. The van der Waals surface area contributed by atoms with E-state index in [-0.39, 0.29) is 0 Å². The molecule has 1 N–H and O–H groups in total. The van der Waals surface area contributed by atoms with Crippen LogP contribution in [0.1, 0.15) is 24.7 Å². The van der Waals surface area contributed by atoms with Gasteiger partial charge < -0.3 is 5.32 Å². The average molecular weight is 248 g/mol. The highest BCUT2D eigenvalue weighted by atomic mass is 15.3. The standard InChI is InChI=1S/C12H20N6/c1-3-5-13-8-12-14-10-18(16-12)6-4-11-7-15-17(2)9-11/h7,9-10,13H,3-6,8H2,1-2H3. The molecule has 0 bridgehead atoms. The summed E-state index contributed by atoms with van der Waals surface area (Å²) in [5.41, 5.74) is 1.22. The molecule has 6 heteroatoms. The van der Waals surface area contributed by atoms with E-state index in [1.807, 2.05) is 28.8 Å². The maximum atomic E-state index is 4.42. The van der Waals surface area contributed by atoms with E-state index in [2.05, 4.69) is 27.4 Å². The van der Waals surface area contributed by atoms with Gasteiger partial charge in [0.05, 0.1) is 12.7 Å². The van der Waals surface area contributed by atoms with Crippen LogP contribution in [0.5, 0.6) is 0 Å². The molecule has 0 aliphatic rings. The van der Waals surface area contributed by atoms with Gasteiger partial charge in [0.15, 0.2) is 5.82 Å². The monoisotopic (exact) mass is 248 g/mol. The summed E-state index contributed by atoms with van der Waals surface area (Å²) < 4.78 is 3.70. The summed E-state index contributed by atoms with van der Waals surface area (Å²) in [7, 11) is 1.93. The first kappa shape index (κ1) is 12.8. The molecule has 2 rings (SSSR count). The van der Waals surface area contributed by atoms with Gasteiger partial charge in [0.1, 0.15) is 6.33 Å². The van der Waals surface area contributed by atoms with Crippen molar-refractivity contribution >= 4 is 0 Å². The van der Waals surface area contributed by atoms with Gasteiger partial charge in [0.25, 0.3) is 0 Å². The molecule has 98 valence electrons. The highest BCUT2D eigenvalue weighted by Crippen LogP contribution is 2.00. The maximum absolute atomic E-state index is 4.42. The third kappa shape index (κ3) is 3.66. The average Bonchev–Trinajstić information content (AvgIpc) is 2.96. The van der Waals surface area contributed by atoms with Crippen LogP contribution in [-0.2, 0) is 26.6 Å². The molecule has 0 aliphatic heterocycles. The summed E-state index contributed by atoms with van der Waals surface area (Å²) in [5.74, 6) is 0.856. The van der Waals surface area contributed by atoms with Crippen molar-refractivity contribution in [2.24, 2.45) is 7.05 Å². The lowest BCUT2D eigenvalue weighted by molar-refractivity contribution is 0.590. The fourth-order valence-corrected chi connectivity index (χ4v) is 1.74. The molecule has 0 aliphatic carbocycles. The molecule has 0 saturated carbocycles. The summed E-state index contributed by atoms with van der Waals surface area (Å²) in [6.07, 6.45) is 7.77. The molecule has 0 saturated heterocycles. The van der Waals surface area contributed by atoms with E-state index in [0.717, 1.165) is 38.3 Å². The number of rotatable bonds is 7. The molecule has 2 aromatic heterocycles. The minimum Gasteiger partial charge on any atom is -0.310 e. The van der Waals surface area contributed by atoms with Crippen LogP contribution in [0.4, 0.5) is 0 Å². The molecule has 0 unspecified atom stereocenters. The van der Waals surface area contributed by atoms with Gasteiger partial charge in [-0.1, -0.05) is 6.92 Å². The number of aromatic nitrogens is 5. The van der Waals surface area contributed by atoms with Crippen LogP contribution in [-0.4, -0.2) is 31.1 Å². The Balaban J connectivity index is 1.79. The van der Waals surface area contributed by atoms with Gasteiger partial charge in [-0.2, -0.15) is 10.2 Å². The van der Waals surface area contributed by atoms with Gasteiger partial charge in [-0.15, -0.1) is 0 Å². The van der Waals surface area contributed by atoms with Crippen molar-refractivity contribution < 1.29 is 0 Å². The van der Waals surface area contributed by atoms with Crippen LogP contribution < -0.4 is 5.32 Å². The highest BCUT2D eigenvalue weighted by molar-refractivity contribution is 5.03. The summed E-state index contributed by atoms with van der Waals surface area (Å²) in [6.45, 7) is 4.73. The summed E-state index contributed by atoms with van der Waals surface area (Å²) >= 11 is 0. The summed E-state index contributed by atoms with van der Waals surface area (Å²) in [4.78, 5) is 4.27. The Morgan fingerprint density at radius 2 is 2.28 bits per heavy atom. The lowest BCUT2D eigenvalue weighted by Crippen LogP contribution is -2.15. The van der Waals surface area contributed by atoms with Gasteiger partial charge in [0, 0.05) is 19.8 Å².